The van der Waals surface area contributed by atoms with E-state index >= 15 is 0 Å². The Labute approximate surface area is 120 Å². The van der Waals surface area contributed by atoms with E-state index in [1.165, 1.54) is 19.3 Å². The van der Waals surface area contributed by atoms with Crippen molar-refractivity contribution < 1.29 is 9.53 Å². The maximum absolute atomic E-state index is 12.1. The van der Waals surface area contributed by atoms with E-state index in [9.17, 15) is 4.79 Å². The van der Waals surface area contributed by atoms with Crippen LogP contribution in [0.25, 0.3) is 0 Å². The van der Waals surface area contributed by atoms with E-state index in [-0.39, 0.29) is 12.1 Å². The molecule has 1 aliphatic carbocycles. The number of rotatable bonds is 3. The molecule has 4 nitrogen and oxygen atoms in total. The summed E-state index contributed by atoms with van der Waals surface area (Å²) < 4.78 is 5.27. The molecule has 1 saturated carbocycles. The number of carbonyl (C=O) groups excluding carboxylic acids is 1. The molecule has 2 rings (SSSR count). The predicted molar refractivity (Wildman–Crippen MR) is 81.3 cm³/mol. The standard InChI is InChI=1S/C16H24N2O2/c1-11-8-9-15(20-3)14(10-11)18-16(19)17-13-7-5-4-6-12(13)2/h8-10,12-13H,4-7H2,1-3H3,(H2,17,18,19)/t12-,13-/m0/s1. The number of hydrogen-bond donors (Lipinski definition) is 2. The lowest BCUT2D eigenvalue weighted by atomic mass is 9.86. The molecular formula is C16H24N2O2. The molecular weight excluding hydrogens is 252 g/mol. The Kier molecular flexibility index (Phi) is 4.88. The van der Waals surface area contributed by atoms with Gasteiger partial charge in [-0.2, -0.15) is 0 Å². The van der Waals surface area contributed by atoms with Crippen LogP contribution >= 0.6 is 0 Å². The molecule has 2 N–H and O–H groups in total. The molecule has 0 aliphatic heterocycles. The fourth-order valence-corrected chi connectivity index (χ4v) is 2.78. The predicted octanol–water partition coefficient (Wildman–Crippen LogP) is 3.70. The lowest BCUT2D eigenvalue weighted by Crippen LogP contribution is -2.43. The SMILES string of the molecule is COc1ccc(C)cc1NC(=O)N[C@H]1CCCC[C@@H]1C. The Morgan fingerprint density at radius 2 is 2.05 bits per heavy atom. The summed E-state index contributed by atoms with van der Waals surface area (Å²) in [5, 5.41) is 5.98. The first-order valence-electron chi connectivity index (χ1n) is 7.32. The van der Waals surface area contributed by atoms with Gasteiger partial charge in [0.25, 0.3) is 0 Å². The Morgan fingerprint density at radius 3 is 2.75 bits per heavy atom. The van der Waals surface area contributed by atoms with Gasteiger partial charge in [-0.1, -0.05) is 25.8 Å². The minimum atomic E-state index is -0.146. The summed E-state index contributed by atoms with van der Waals surface area (Å²) in [6.45, 7) is 4.20. The second kappa shape index (κ2) is 6.64. The van der Waals surface area contributed by atoms with Crippen LogP contribution in [-0.4, -0.2) is 19.2 Å². The van der Waals surface area contributed by atoms with E-state index < -0.39 is 0 Å². The van der Waals surface area contributed by atoms with Gasteiger partial charge >= 0.3 is 6.03 Å². The second-order valence-corrected chi connectivity index (χ2v) is 5.67. The Morgan fingerprint density at radius 1 is 1.30 bits per heavy atom. The lowest BCUT2D eigenvalue weighted by molar-refractivity contribution is 0.232. The van der Waals surface area contributed by atoms with Crippen LogP contribution in [0.4, 0.5) is 10.5 Å². The third-order valence-corrected chi connectivity index (χ3v) is 4.03. The Hall–Kier alpha value is -1.71. The van der Waals surface area contributed by atoms with Crippen molar-refractivity contribution in [1.82, 2.24) is 5.32 Å². The highest BCUT2D eigenvalue weighted by molar-refractivity contribution is 5.91. The third kappa shape index (κ3) is 3.65. The molecule has 110 valence electrons. The van der Waals surface area contributed by atoms with Crippen molar-refractivity contribution in [3.05, 3.63) is 23.8 Å². The van der Waals surface area contributed by atoms with E-state index in [0.29, 0.717) is 17.4 Å². The molecule has 0 unspecified atom stereocenters. The maximum atomic E-state index is 12.1. The highest BCUT2D eigenvalue weighted by atomic mass is 16.5. The summed E-state index contributed by atoms with van der Waals surface area (Å²) >= 11 is 0. The number of urea groups is 1. The quantitative estimate of drug-likeness (QED) is 0.884. The van der Waals surface area contributed by atoms with Crippen LogP contribution < -0.4 is 15.4 Å². The van der Waals surface area contributed by atoms with Crippen LogP contribution in [0.2, 0.25) is 0 Å². The third-order valence-electron chi connectivity index (χ3n) is 4.03. The van der Waals surface area contributed by atoms with Crippen LogP contribution in [0, 0.1) is 12.8 Å². The fraction of sp³-hybridized carbons (Fsp3) is 0.562. The molecule has 0 aromatic heterocycles. The summed E-state index contributed by atoms with van der Waals surface area (Å²) in [6, 6.07) is 5.88. The number of hydrogen-bond acceptors (Lipinski definition) is 2. The van der Waals surface area contributed by atoms with Crippen molar-refractivity contribution in [3.63, 3.8) is 0 Å². The minimum absolute atomic E-state index is 0.146. The van der Waals surface area contributed by atoms with Crippen molar-refractivity contribution in [2.45, 2.75) is 45.6 Å². The van der Waals surface area contributed by atoms with Gasteiger partial charge < -0.3 is 15.4 Å². The average molecular weight is 276 g/mol. The van der Waals surface area contributed by atoms with Gasteiger partial charge in [-0.15, -0.1) is 0 Å². The first kappa shape index (κ1) is 14.7. The van der Waals surface area contributed by atoms with Gasteiger partial charge in [0.15, 0.2) is 0 Å². The molecule has 20 heavy (non-hydrogen) atoms. The molecule has 0 radical (unpaired) electrons. The van der Waals surface area contributed by atoms with E-state index in [2.05, 4.69) is 17.6 Å². The number of carbonyl (C=O) groups is 1. The normalized spacial score (nSPS) is 22.1. The average Bonchev–Trinajstić information content (AvgIpc) is 2.41. The zero-order valence-corrected chi connectivity index (χ0v) is 12.5. The van der Waals surface area contributed by atoms with Crippen LogP contribution in [-0.2, 0) is 0 Å². The molecule has 2 amide bonds. The highest BCUT2D eigenvalue weighted by Gasteiger charge is 2.23. The number of ether oxygens (including phenoxy) is 1. The second-order valence-electron chi connectivity index (χ2n) is 5.67. The fourth-order valence-electron chi connectivity index (χ4n) is 2.78. The molecule has 0 bridgehead atoms. The molecule has 0 saturated heterocycles. The lowest BCUT2D eigenvalue weighted by Gasteiger charge is -2.29. The van der Waals surface area contributed by atoms with Crippen molar-refractivity contribution in [2.75, 3.05) is 12.4 Å². The summed E-state index contributed by atoms with van der Waals surface area (Å²) in [5.41, 5.74) is 1.81. The molecule has 0 spiro atoms. The van der Waals surface area contributed by atoms with Gasteiger partial charge in [0.1, 0.15) is 5.75 Å². The molecule has 1 fully saturated rings. The van der Waals surface area contributed by atoms with Crippen molar-refractivity contribution in [3.8, 4) is 5.75 Å². The van der Waals surface area contributed by atoms with E-state index in [0.717, 1.165) is 12.0 Å². The van der Waals surface area contributed by atoms with Gasteiger partial charge in [0, 0.05) is 6.04 Å². The van der Waals surface area contributed by atoms with Crippen molar-refractivity contribution in [1.29, 1.82) is 0 Å². The first-order valence-corrected chi connectivity index (χ1v) is 7.32. The van der Waals surface area contributed by atoms with Crippen LogP contribution in [0.5, 0.6) is 5.75 Å². The van der Waals surface area contributed by atoms with Crippen LogP contribution in [0.15, 0.2) is 18.2 Å². The number of benzene rings is 1. The number of amides is 2. The Bertz CT molecular complexity index is 474. The molecule has 1 aromatic carbocycles. The number of anilines is 1. The Balaban J connectivity index is 1.99. The van der Waals surface area contributed by atoms with E-state index in [1.807, 2.05) is 25.1 Å². The zero-order valence-electron chi connectivity index (χ0n) is 12.5. The molecule has 1 aromatic rings. The smallest absolute Gasteiger partial charge is 0.319 e. The summed E-state index contributed by atoms with van der Waals surface area (Å²) in [6.07, 6.45) is 4.73. The largest absolute Gasteiger partial charge is 0.495 e. The molecule has 1 aliphatic rings. The van der Waals surface area contributed by atoms with Gasteiger partial charge in [-0.25, -0.2) is 4.79 Å². The topological polar surface area (TPSA) is 50.4 Å². The van der Waals surface area contributed by atoms with Crippen molar-refractivity contribution in [2.24, 2.45) is 5.92 Å². The van der Waals surface area contributed by atoms with Crippen molar-refractivity contribution >= 4 is 11.7 Å². The van der Waals surface area contributed by atoms with Gasteiger partial charge in [0.05, 0.1) is 12.8 Å². The first-order chi connectivity index (χ1) is 9.60. The van der Waals surface area contributed by atoms with E-state index in [1.54, 1.807) is 7.11 Å². The number of methoxy groups -OCH3 is 1. The van der Waals surface area contributed by atoms with Crippen LogP contribution in [0.1, 0.15) is 38.2 Å². The number of aryl methyl sites for hydroxylation is 1. The van der Waals surface area contributed by atoms with E-state index in [4.69, 9.17) is 4.74 Å². The highest BCUT2D eigenvalue weighted by Crippen LogP contribution is 2.26. The van der Waals surface area contributed by atoms with Gasteiger partial charge in [-0.3, -0.25) is 0 Å². The maximum Gasteiger partial charge on any atom is 0.319 e. The molecule has 2 atom stereocenters. The number of nitrogens with one attached hydrogen (secondary N) is 2. The van der Waals surface area contributed by atoms with Gasteiger partial charge in [-0.05, 0) is 43.4 Å². The van der Waals surface area contributed by atoms with Gasteiger partial charge in [0.2, 0.25) is 0 Å². The monoisotopic (exact) mass is 276 g/mol. The molecule has 0 heterocycles. The zero-order chi connectivity index (χ0) is 14.5. The summed E-state index contributed by atoms with van der Waals surface area (Å²) in [5.74, 6) is 1.23. The summed E-state index contributed by atoms with van der Waals surface area (Å²) in [7, 11) is 1.61. The minimum Gasteiger partial charge on any atom is -0.495 e. The van der Waals surface area contributed by atoms with Crippen LogP contribution in [0.3, 0.4) is 0 Å². The molecule has 4 heteroatoms. The summed E-state index contributed by atoms with van der Waals surface area (Å²) in [4.78, 5) is 12.1.